The Morgan fingerprint density at radius 2 is 1.97 bits per heavy atom. The lowest BCUT2D eigenvalue weighted by Crippen LogP contribution is -2.41. The lowest BCUT2D eigenvalue weighted by Gasteiger charge is -2.26. The Morgan fingerprint density at radius 3 is 2.66 bits per heavy atom. The molecule has 10 nitrogen and oxygen atoms in total. The summed E-state index contributed by atoms with van der Waals surface area (Å²) < 4.78 is 21.2. The standard InChI is InChI=1S/C19H18N2O8/c1-11(18(22)20-13-8-7-12(21(24)25)9-16(13)26-2)28-19(23)17-10-27-14-5-3-4-6-15(14)29-17/h3-9,11,17H,10H2,1-2H3,(H,20,22)/t11-,17-/m1/s1. The molecule has 0 fully saturated rings. The molecule has 29 heavy (non-hydrogen) atoms. The number of nitrogens with zero attached hydrogens (tertiary/aromatic N) is 1. The van der Waals surface area contributed by atoms with Gasteiger partial charge in [0.1, 0.15) is 12.4 Å². The zero-order chi connectivity index (χ0) is 21.0. The summed E-state index contributed by atoms with van der Waals surface area (Å²) in [5.74, 6) is -0.354. The molecule has 2 aromatic carbocycles. The van der Waals surface area contributed by atoms with Gasteiger partial charge in [0, 0.05) is 6.07 Å². The van der Waals surface area contributed by atoms with E-state index in [0.29, 0.717) is 11.5 Å². The molecule has 1 heterocycles. The van der Waals surface area contributed by atoms with Crippen molar-refractivity contribution in [2.24, 2.45) is 0 Å². The second kappa shape index (κ2) is 8.46. The highest BCUT2D eigenvalue weighted by Crippen LogP contribution is 2.31. The fraction of sp³-hybridized carbons (Fsp3) is 0.263. The van der Waals surface area contributed by atoms with Crippen LogP contribution in [0.25, 0.3) is 0 Å². The zero-order valence-electron chi connectivity index (χ0n) is 15.6. The molecule has 0 spiro atoms. The molecule has 0 aliphatic carbocycles. The van der Waals surface area contributed by atoms with Crippen molar-refractivity contribution in [2.45, 2.75) is 19.1 Å². The number of nitro groups is 1. The van der Waals surface area contributed by atoms with Crippen molar-refractivity contribution < 1.29 is 33.5 Å². The Kier molecular flexibility index (Phi) is 5.82. The van der Waals surface area contributed by atoms with E-state index in [1.54, 1.807) is 24.3 Å². The molecule has 2 atom stereocenters. The molecular weight excluding hydrogens is 384 g/mol. The van der Waals surface area contributed by atoms with Crippen LogP contribution in [0, 0.1) is 10.1 Å². The van der Waals surface area contributed by atoms with Gasteiger partial charge in [-0.05, 0) is 25.1 Å². The number of para-hydroxylation sites is 2. The van der Waals surface area contributed by atoms with Crippen molar-refractivity contribution in [3.05, 3.63) is 52.6 Å². The number of esters is 1. The summed E-state index contributed by atoms with van der Waals surface area (Å²) in [6.45, 7) is 1.35. The summed E-state index contributed by atoms with van der Waals surface area (Å²) in [7, 11) is 1.32. The second-order valence-corrected chi connectivity index (χ2v) is 6.07. The van der Waals surface area contributed by atoms with Gasteiger partial charge in [-0.3, -0.25) is 14.9 Å². The van der Waals surface area contributed by atoms with Gasteiger partial charge in [0.05, 0.1) is 23.8 Å². The average Bonchev–Trinajstić information content (AvgIpc) is 2.73. The van der Waals surface area contributed by atoms with E-state index in [0.717, 1.165) is 0 Å². The number of hydrogen-bond donors (Lipinski definition) is 1. The number of non-ortho nitro benzene ring substituents is 1. The molecule has 0 bridgehead atoms. The Balaban J connectivity index is 1.61. The van der Waals surface area contributed by atoms with Crippen molar-refractivity contribution in [1.82, 2.24) is 0 Å². The van der Waals surface area contributed by atoms with Gasteiger partial charge < -0.3 is 24.3 Å². The summed E-state index contributed by atoms with van der Waals surface area (Å²) in [6, 6.07) is 10.6. The first kappa shape index (κ1) is 19.9. The monoisotopic (exact) mass is 402 g/mol. The Hall–Kier alpha value is -3.82. The number of hydrogen-bond acceptors (Lipinski definition) is 8. The van der Waals surface area contributed by atoms with Crippen LogP contribution in [0.3, 0.4) is 0 Å². The van der Waals surface area contributed by atoms with Crippen molar-refractivity contribution in [2.75, 3.05) is 19.0 Å². The van der Waals surface area contributed by atoms with Crippen molar-refractivity contribution >= 4 is 23.3 Å². The van der Waals surface area contributed by atoms with E-state index in [1.165, 1.54) is 32.2 Å². The zero-order valence-corrected chi connectivity index (χ0v) is 15.6. The summed E-state index contributed by atoms with van der Waals surface area (Å²) in [5.41, 5.74) is 0.0197. The minimum Gasteiger partial charge on any atom is -0.494 e. The van der Waals surface area contributed by atoms with Gasteiger partial charge in [0.2, 0.25) is 6.10 Å². The third kappa shape index (κ3) is 4.54. The van der Waals surface area contributed by atoms with E-state index in [1.807, 2.05) is 0 Å². The van der Waals surface area contributed by atoms with Gasteiger partial charge in [0.25, 0.3) is 11.6 Å². The summed E-state index contributed by atoms with van der Waals surface area (Å²) >= 11 is 0. The van der Waals surface area contributed by atoms with Crippen LogP contribution in [0.4, 0.5) is 11.4 Å². The Labute approximate surface area is 165 Å². The number of anilines is 1. The molecule has 1 aliphatic heterocycles. The number of nitrogens with one attached hydrogen (secondary N) is 1. The quantitative estimate of drug-likeness (QED) is 0.443. The van der Waals surface area contributed by atoms with E-state index < -0.39 is 29.0 Å². The maximum Gasteiger partial charge on any atom is 0.351 e. The predicted molar refractivity (Wildman–Crippen MR) is 100 cm³/mol. The van der Waals surface area contributed by atoms with Gasteiger partial charge in [0.15, 0.2) is 17.6 Å². The lowest BCUT2D eigenvalue weighted by atomic mass is 10.2. The molecule has 0 unspecified atom stereocenters. The number of amides is 1. The second-order valence-electron chi connectivity index (χ2n) is 6.07. The number of nitro benzene ring substituents is 1. The smallest absolute Gasteiger partial charge is 0.351 e. The molecule has 0 saturated heterocycles. The first-order chi connectivity index (χ1) is 13.9. The van der Waals surface area contributed by atoms with Crippen molar-refractivity contribution in [3.8, 4) is 17.2 Å². The minimum absolute atomic E-state index is 0.0413. The fourth-order valence-corrected chi connectivity index (χ4v) is 2.57. The van der Waals surface area contributed by atoms with Gasteiger partial charge in [-0.15, -0.1) is 0 Å². The SMILES string of the molecule is COc1cc([N+](=O)[O-])ccc1NC(=O)[C@@H](C)OC(=O)[C@H]1COc2ccccc2O1. The van der Waals surface area contributed by atoms with Gasteiger partial charge in [-0.25, -0.2) is 4.79 Å². The molecular formula is C19H18N2O8. The van der Waals surface area contributed by atoms with E-state index >= 15 is 0 Å². The van der Waals surface area contributed by atoms with Crippen LogP contribution >= 0.6 is 0 Å². The molecule has 0 saturated carbocycles. The summed E-state index contributed by atoms with van der Waals surface area (Å²) in [5, 5.41) is 13.4. The molecule has 0 radical (unpaired) electrons. The minimum atomic E-state index is -1.15. The molecule has 1 aliphatic rings. The van der Waals surface area contributed by atoms with E-state index in [9.17, 15) is 19.7 Å². The first-order valence-electron chi connectivity index (χ1n) is 8.61. The molecule has 3 rings (SSSR count). The van der Waals surface area contributed by atoms with E-state index in [-0.39, 0.29) is 23.7 Å². The topological polar surface area (TPSA) is 126 Å². The number of carbonyl (C=O) groups is 2. The molecule has 10 heteroatoms. The molecule has 2 aromatic rings. The normalized spacial score (nSPS) is 15.7. The van der Waals surface area contributed by atoms with Crippen LogP contribution in [-0.2, 0) is 14.3 Å². The maximum atomic E-state index is 12.4. The summed E-state index contributed by atoms with van der Waals surface area (Å²) in [4.78, 5) is 34.9. The molecule has 1 N–H and O–H groups in total. The fourth-order valence-electron chi connectivity index (χ4n) is 2.57. The van der Waals surface area contributed by atoms with Crippen LogP contribution < -0.4 is 19.5 Å². The number of fused-ring (bicyclic) bond motifs is 1. The van der Waals surface area contributed by atoms with Gasteiger partial charge >= 0.3 is 5.97 Å². The first-order valence-corrected chi connectivity index (χ1v) is 8.61. The van der Waals surface area contributed by atoms with E-state index in [2.05, 4.69) is 5.32 Å². The number of carbonyl (C=O) groups excluding carboxylic acids is 2. The number of benzene rings is 2. The van der Waals surface area contributed by atoms with Gasteiger partial charge in [-0.2, -0.15) is 0 Å². The Bertz CT molecular complexity index is 946. The highest BCUT2D eigenvalue weighted by atomic mass is 16.6. The highest BCUT2D eigenvalue weighted by molar-refractivity contribution is 5.96. The van der Waals surface area contributed by atoms with Gasteiger partial charge in [-0.1, -0.05) is 12.1 Å². The summed E-state index contributed by atoms with van der Waals surface area (Å²) in [6.07, 6.45) is -2.16. The third-order valence-corrected chi connectivity index (χ3v) is 4.09. The van der Waals surface area contributed by atoms with Crippen LogP contribution in [-0.4, -0.2) is 42.7 Å². The van der Waals surface area contributed by atoms with Crippen molar-refractivity contribution in [1.29, 1.82) is 0 Å². The number of methoxy groups -OCH3 is 1. The van der Waals surface area contributed by atoms with Crippen molar-refractivity contribution in [3.63, 3.8) is 0 Å². The number of rotatable bonds is 6. The highest BCUT2D eigenvalue weighted by Gasteiger charge is 2.31. The van der Waals surface area contributed by atoms with Crippen LogP contribution in [0.2, 0.25) is 0 Å². The van der Waals surface area contributed by atoms with Crippen LogP contribution in [0.5, 0.6) is 17.2 Å². The molecule has 1 amide bonds. The van der Waals surface area contributed by atoms with E-state index in [4.69, 9.17) is 18.9 Å². The maximum absolute atomic E-state index is 12.4. The number of ether oxygens (including phenoxy) is 4. The van der Waals surface area contributed by atoms with Crippen LogP contribution in [0.1, 0.15) is 6.92 Å². The largest absolute Gasteiger partial charge is 0.494 e. The molecule has 0 aromatic heterocycles. The van der Waals surface area contributed by atoms with Crippen LogP contribution in [0.15, 0.2) is 42.5 Å². The lowest BCUT2D eigenvalue weighted by molar-refractivity contribution is -0.384. The third-order valence-electron chi connectivity index (χ3n) is 4.09. The predicted octanol–water partition coefficient (Wildman–Crippen LogP) is 2.31. The molecule has 152 valence electrons. The Morgan fingerprint density at radius 1 is 1.24 bits per heavy atom. The average molecular weight is 402 g/mol.